The maximum absolute atomic E-state index is 11.9. The van der Waals surface area contributed by atoms with Gasteiger partial charge >= 0.3 is 5.97 Å². The van der Waals surface area contributed by atoms with E-state index < -0.39 is 5.97 Å². The average Bonchev–Trinajstić information content (AvgIpc) is 2.91. The van der Waals surface area contributed by atoms with Crippen LogP contribution in [0.2, 0.25) is 0 Å². The minimum absolute atomic E-state index is 0.255. The summed E-state index contributed by atoms with van der Waals surface area (Å²) in [4.78, 5) is 27.3. The fourth-order valence-electron chi connectivity index (χ4n) is 4.11. The largest absolute Gasteiger partial charge is 0.478 e. The summed E-state index contributed by atoms with van der Waals surface area (Å²) >= 11 is 0. The van der Waals surface area contributed by atoms with Crippen LogP contribution in [0.5, 0.6) is 0 Å². The number of aromatic carboxylic acids is 1. The molecule has 0 radical (unpaired) electrons. The van der Waals surface area contributed by atoms with Crippen molar-refractivity contribution in [2.45, 2.75) is 31.8 Å². The van der Waals surface area contributed by atoms with Crippen molar-refractivity contribution in [3.05, 3.63) is 35.4 Å². The molecule has 124 valence electrons. The maximum Gasteiger partial charge on any atom is 0.336 e. The molecule has 2 fully saturated rings. The Morgan fingerprint density at radius 2 is 2.00 bits per heavy atom. The molecule has 1 heterocycles. The number of carbonyl (C=O) groups excluding carboxylic acids is 1. The fraction of sp³-hybridized carbons (Fsp3) is 0.556. The molecule has 0 spiro atoms. The second kappa shape index (κ2) is 6.32. The van der Waals surface area contributed by atoms with Crippen molar-refractivity contribution in [2.75, 3.05) is 20.6 Å². The van der Waals surface area contributed by atoms with Crippen molar-refractivity contribution in [1.29, 1.82) is 0 Å². The zero-order valence-corrected chi connectivity index (χ0v) is 13.7. The van der Waals surface area contributed by atoms with Crippen molar-refractivity contribution in [2.24, 2.45) is 11.8 Å². The molecule has 1 aliphatic heterocycles. The highest BCUT2D eigenvalue weighted by Gasteiger charge is 2.41. The third-order valence-corrected chi connectivity index (χ3v) is 5.48. The zero-order chi connectivity index (χ0) is 16.6. The molecule has 1 amide bonds. The highest BCUT2D eigenvalue weighted by molar-refractivity contribution is 5.89. The summed E-state index contributed by atoms with van der Waals surface area (Å²) in [6, 6.07) is 7.62. The molecular weight excluding hydrogens is 292 g/mol. The molecule has 3 rings (SSSR count). The lowest BCUT2D eigenvalue weighted by atomic mass is 9.88. The topological polar surface area (TPSA) is 60.9 Å². The molecule has 1 saturated heterocycles. The van der Waals surface area contributed by atoms with E-state index in [1.807, 2.05) is 24.1 Å². The Kier molecular flexibility index (Phi) is 4.39. The Morgan fingerprint density at radius 3 is 2.74 bits per heavy atom. The molecule has 0 bridgehead atoms. The summed E-state index contributed by atoms with van der Waals surface area (Å²) in [5.41, 5.74) is 1.23. The van der Waals surface area contributed by atoms with Gasteiger partial charge in [0.1, 0.15) is 0 Å². The molecule has 1 N–H and O–H groups in total. The number of likely N-dealkylation sites (tertiary alicyclic amines) is 1. The minimum Gasteiger partial charge on any atom is -0.478 e. The summed E-state index contributed by atoms with van der Waals surface area (Å²) in [6.07, 6.45) is 2.79. The molecule has 1 saturated carbocycles. The van der Waals surface area contributed by atoms with E-state index in [1.165, 1.54) is 0 Å². The van der Waals surface area contributed by atoms with Crippen molar-refractivity contribution in [1.82, 2.24) is 9.80 Å². The first-order valence-electron chi connectivity index (χ1n) is 8.21. The van der Waals surface area contributed by atoms with Crippen molar-refractivity contribution >= 4 is 11.9 Å². The Bertz CT molecular complexity index is 616. The van der Waals surface area contributed by atoms with E-state index in [9.17, 15) is 14.7 Å². The van der Waals surface area contributed by atoms with Crippen molar-refractivity contribution < 1.29 is 14.7 Å². The predicted octanol–water partition coefficient (Wildman–Crippen LogP) is 2.07. The molecule has 0 unspecified atom stereocenters. The molecule has 3 atom stereocenters. The van der Waals surface area contributed by atoms with Gasteiger partial charge < -0.3 is 10.0 Å². The van der Waals surface area contributed by atoms with Gasteiger partial charge in [0.05, 0.1) is 5.56 Å². The standard InChI is InChI=1S/C18H24N2O3/c1-19(10-12-5-3-4-6-16(12)18(22)23)15-7-13-9-17(21)20(2)11-14(13)8-15/h3-6,13-15H,7-11H2,1-2H3,(H,22,23)/t13-,14+,15-/m1/s1. The number of carbonyl (C=O) groups is 2. The Morgan fingerprint density at radius 1 is 1.30 bits per heavy atom. The third kappa shape index (κ3) is 3.24. The van der Waals surface area contributed by atoms with Gasteiger partial charge in [-0.25, -0.2) is 4.79 Å². The van der Waals surface area contributed by atoms with E-state index in [0.29, 0.717) is 36.4 Å². The average molecular weight is 316 g/mol. The number of amides is 1. The van der Waals surface area contributed by atoms with Gasteiger partial charge in [0.25, 0.3) is 0 Å². The first kappa shape index (κ1) is 16.0. The van der Waals surface area contributed by atoms with Crippen molar-refractivity contribution in [3.63, 3.8) is 0 Å². The van der Waals surface area contributed by atoms with Crippen LogP contribution in [0.25, 0.3) is 0 Å². The van der Waals surface area contributed by atoms with Gasteiger partial charge in [0.2, 0.25) is 5.91 Å². The van der Waals surface area contributed by atoms with Gasteiger partial charge in [-0.3, -0.25) is 9.69 Å². The summed E-state index contributed by atoms with van der Waals surface area (Å²) in [5, 5.41) is 9.31. The SMILES string of the molecule is CN1C[C@@H]2C[C@H](N(C)Cc3ccccc3C(=O)O)C[C@@H]2CC1=O. The summed E-state index contributed by atoms with van der Waals surface area (Å²) in [7, 11) is 3.95. The van der Waals surface area contributed by atoms with Gasteiger partial charge in [0.15, 0.2) is 0 Å². The molecule has 5 heteroatoms. The lowest BCUT2D eigenvalue weighted by molar-refractivity contribution is -0.134. The van der Waals surface area contributed by atoms with E-state index >= 15 is 0 Å². The number of benzene rings is 1. The van der Waals surface area contributed by atoms with Crippen LogP contribution in [0.15, 0.2) is 24.3 Å². The van der Waals surface area contributed by atoms with Gasteiger partial charge in [-0.15, -0.1) is 0 Å². The second-order valence-corrected chi connectivity index (χ2v) is 7.00. The number of carboxylic acids is 1. The number of nitrogens with zero attached hydrogens (tertiary/aromatic N) is 2. The third-order valence-electron chi connectivity index (χ3n) is 5.48. The number of fused-ring (bicyclic) bond motifs is 1. The summed E-state index contributed by atoms with van der Waals surface area (Å²) in [6.45, 7) is 1.50. The maximum atomic E-state index is 11.9. The van der Waals surface area contributed by atoms with Crippen LogP contribution < -0.4 is 0 Å². The van der Waals surface area contributed by atoms with Gasteiger partial charge in [-0.05, 0) is 43.4 Å². The summed E-state index contributed by atoms with van der Waals surface area (Å²) in [5.74, 6) is 0.452. The highest BCUT2D eigenvalue weighted by atomic mass is 16.4. The fourth-order valence-corrected chi connectivity index (χ4v) is 4.11. The van der Waals surface area contributed by atoms with Crippen molar-refractivity contribution in [3.8, 4) is 0 Å². The van der Waals surface area contributed by atoms with Crippen LogP contribution >= 0.6 is 0 Å². The molecule has 2 aliphatic rings. The Labute approximate surface area is 136 Å². The Balaban J connectivity index is 1.67. The van der Waals surface area contributed by atoms with Crippen LogP contribution in [-0.2, 0) is 11.3 Å². The smallest absolute Gasteiger partial charge is 0.336 e. The first-order valence-corrected chi connectivity index (χ1v) is 8.21. The van der Waals surface area contributed by atoms with E-state index in [0.717, 1.165) is 24.9 Å². The molecule has 5 nitrogen and oxygen atoms in total. The monoisotopic (exact) mass is 316 g/mol. The molecule has 1 aliphatic carbocycles. The van der Waals surface area contributed by atoms with Gasteiger partial charge in [-0.1, -0.05) is 18.2 Å². The van der Waals surface area contributed by atoms with Crippen LogP contribution in [0.1, 0.15) is 35.2 Å². The number of hydrogen-bond donors (Lipinski definition) is 1. The number of hydrogen-bond acceptors (Lipinski definition) is 3. The summed E-state index contributed by atoms with van der Waals surface area (Å²) < 4.78 is 0. The highest BCUT2D eigenvalue weighted by Crippen LogP contribution is 2.40. The molecular formula is C18H24N2O3. The molecule has 23 heavy (non-hydrogen) atoms. The number of rotatable bonds is 4. The first-order chi connectivity index (χ1) is 11.0. The van der Waals surface area contributed by atoms with Crippen LogP contribution in [-0.4, -0.2) is 53.5 Å². The normalized spacial score (nSPS) is 27.3. The second-order valence-electron chi connectivity index (χ2n) is 7.00. The van der Waals surface area contributed by atoms with Crippen LogP contribution in [0, 0.1) is 11.8 Å². The van der Waals surface area contributed by atoms with Gasteiger partial charge in [-0.2, -0.15) is 0 Å². The molecule has 0 aromatic heterocycles. The van der Waals surface area contributed by atoms with E-state index in [-0.39, 0.29) is 5.91 Å². The Hall–Kier alpha value is -1.88. The van der Waals surface area contributed by atoms with Gasteiger partial charge in [0, 0.05) is 32.6 Å². The molecule has 1 aromatic rings. The zero-order valence-electron chi connectivity index (χ0n) is 13.7. The lowest BCUT2D eigenvalue weighted by Crippen LogP contribution is -2.39. The predicted molar refractivity (Wildman–Crippen MR) is 87.1 cm³/mol. The van der Waals surface area contributed by atoms with Crippen LogP contribution in [0.4, 0.5) is 0 Å². The van der Waals surface area contributed by atoms with Crippen LogP contribution in [0.3, 0.4) is 0 Å². The van der Waals surface area contributed by atoms with E-state index in [2.05, 4.69) is 11.9 Å². The number of carboxylic acid groups (broad SMARTS) is 1. The minimum atomic E-state index is -0.874. The lowest BCUT2D eigenvalue weighted by Gasteiger charge is -2.31. The quantitative estimate of drug-likeness (QED) is 0.924. The van der Waals surface area contributed by atoms with E-state index in [1.54, 1.807) is 12.1 Å². The van der Waals surface area contributed by atoms with E-state index in [4.69, 9.17) is 0 Å². The molecule has 1 aromatic carbocycles. The number of piperidine rings is 1.